The molecule has 1 atom stereocenters. The van der Waals surface area contributed by atoms with Crippen molar-refractivity contribution in [1.29, 1.82) is 0 Å². The Morgan fingerprint density at radius 1 is 0.739 bits per heavy atom. The van der Waals surface area contributed by atoms with E-state index < -0.39 is 68.9 Å². The van der Waals surface area contributed by atoms with Crippen LogP contribution in [0.15, 0.2) is 82.3 Å². The van der Waals surface area contributed by atoms with Gasteiger partial charge in [-0.25, -0.2) is 4.79 Å². The van der Waals surface area contributed by atoms with Gasteiger partial charge in [0.2, 0.25) is 11.6 Å². The number of benzene rings is 2. The highest BCUT2D eigenvalue weighted by molar-refractivity contribution is 7.86. The number of nitrogens with two attached hydrogens (primary N) is 1. The van der Waals surface area contributed by atoms with Crippen LogP contribution in [0, 0.1) is 0 Å². The predicted octanol–water partition coefficient (Wildman–Crippen LogP) is 4.04. The van der Waals surface area contributed by atoms with Gasteiger partial charge in [-0.05, 0) is 88.4 Å². The maximum Gasteiger partial charge on any atom is 0.407 e. The second kappa shape index (κ2) is 24.5. The second-order valence-electron chi connectivity index (χ2n) is 17.3. The summed E-state index contributed by atoms with van der Waals surface area (Å²) in [5, 5.41) is 5.42. The van der Waals surface area contributed by atoms with Crippen LogP contribution in [0.1, 0.15) is 83.3 Å². The molecule has 2 heterocycles. The Morgan fingerprint density at radius 2 is 1.38 bits per heavy atom. The van der Waals surface area contributed by atoms with E-state index >= 15 is 0 Å². The van der Waals surface area contributed by atoms with Gasteiger partial charge in [0, 0.05) is 73.5 Å². The van der Waals surface area contributed by atoms with Gasteiger partial charge in [-0.15, -0.1) is 0 Å². The monoisotopic (exact) mass is 1050 g/mol. The van der Waals surface area contributed by atoms with E-state index in [1.807, 2.05) is 25.7 Å². The number of carbonyl (C=O) groups is 2. The fourth-order valence-electron chi connectivity index (χ4n) is 8.39. The number of hydrogen-bond acceptors (Lipinski definition) is 14. The predicted molar refractivity (Wildman–Crippen MR) is 258 cm³/mol. The number of fused-ring (bicyclic) bond motifs is 2. The molecule has 0 saturated heterocycles. The maximum atomic E-state index is 12.6. The molecule has 384 valence electrons. The van der Waals surface area contributed by atoms with Crippen molar-refractivity contribution >= 4 is 69.6 Å². The highest BCUT2D eigenvalue weighted by Crippen LogP contribution is 2.51. The van der Waals surface area contributed by atoms with E-state index in [-0.39, 0.29) is 67.8 Å². The summed E-state index contributed by atoms with van der Waals surface area (Å²) < 4.78 is 146. The summed E-state index contributed by atoms with van der Waals surface area (Å²) in [6, 6.07) is 8.26. The SMILES string of the molecule is CC1(C)C(/C=C/C=C/C=C2/N(CCCS(=O)(=O)O)c3ccc(S(=O)(=O)O)cc3C2(C)CCCCCC(=O)NCCCNC(=O)OCCOCCN)=[N+](CCCS(=O)(=O)O)c2ccc(S(=O)(=O)O)cc21. The quantitative estimate of drug-likeness (QED) is 0.0274. The van der Waals surface area contributed by atoms with E-state index in [2.05, 4.69) is 10.6 Å². The molecule has 2 amide bonds. The van der Waals surface area contributed by atoms with E-state index in [0.717, 1.165) is 0 Å². The third-order valence-electron chi connectivity index (χ3n) is 11.7. The minimum Gasteiger partial charge on any atom is -0.447 e. The van der Waals surface area contributed by atoms with E-state index in [1.165, 1.54) is 36.4 Å². The number of allylic oxidation sites excluding steroid dienone is 6. The van der Waals surface area contributed by atoms with Crippen LogP contribution in [0.2, 0.25) is 0 Å². The van der Waals surface area contributed by atoms with Gasteiger partial charge >= 0.3 is 6.09 Å². The lowest BCUT2D eigenvalue weighted by Crippen LogP contribution is -2.30. The Kier molecular flexibility index (Phi) is 20.3. The largest absolute Gasteiger partial charge is 0.447 e. The van der Waals surface area contributed by atoms with Crippen molar-refractivity contribution in [3.8, 4) is 0 Å². The Hall–Kier alpha value is -4.57. The number of nitrogens with one attached hydrogen (secondary N) is 2. The normalized spacial score (nSPS) is 17.8. The molecule has 2 aromatic carbocycles. The average molecular weight is 1050 g/mol. The molecular weight excluding hydrogens is 983 g/mol. The Balaban J connectivity index is 1.56. The van der Waals surface area contributed by atoms with Crippen molar-refractivity contribution in [3.05, 3.63) is 83.6 Å². The summed E-state index contributed by atoms with van der Waals surface area (Å²) in [5.74, 6) is -1.25. The Morgan fingerprint density at radius 3 is 2.03 bits per heavy atom. The summed E-state index contributed by atoms with van der Waals surface area (Å²) in [4.78, 5) is 25.6. The molecule has 1 unspecified atom stereocenters. The van der Waals surface area contributed by atoms with Crippen LogP contribution in [0.25, 0.3) is 0 Å². The van der Waals surface area contributed by atoms with Crippen LogP contribution in [0.3, 0.4) is 0 Å². The molecule has 0 radical (unpaired) electrons. The van der Waals surface area contributed by atoms with Crippen molar-refractivity contribution < 1.29 is 75.5 Å². The van der Waals surface area contributed by atoms with Gasteiger partial charge in [0.05, 0.1) is 39.9 Å². The molecule has 0 fully saturated rings. The number of carbonyl (C=O) groups excluding carboxylic acids is 2. The Labute approximate surface area is 404 Å². The highest BCUT2D eigenvalue weighted by Gasteiger charge is 2.46. The van der Waals surface area contributed by atoms with Crippen molar-refractivity contribution in [3.63, 3.8) is 0 Å². The summed E-state index contributed by atoms with van der Waals surface area (Å²) in [6.07, 6.45) is 10.9. The number of unbranched alkanes of at least 4 members (excludes halogenated alkanes) is 2. The second-order valence-corrected chi connectivity index (χ2v) is 23.2. The molecule has 2 aliphatic heterocycles. The lowest BCUT2D eigenvalue weighted by atomic mass is 9.77. The van der Waals surface area contributed by atoms with Gasteiger partial charge < -0.3 is 30.7 Å². The standard InChI is InChI=1S/C44H63N5O16S4/c1-43(2)35-31-33(68(58,59)60)16-18-37(35)48(24-11-29-66(52,53)54)39(43)13-6-4-7-14-40-44(3,36-32-34(69(61,62)63)17-19-38(36)49(40)25-12-30-67(55,56)57)20-9-5-8-15-41(50)46-22-10-23-47-42(51)65-28-27-64-26-21-45/h4,6-7,13-14,16-19,31-32H,5,8-12,15,20-30,45H2,1-3H3,(H5-,46,47,50,51,52,53,54,55,56,57,58,59,60,61,62,63)/p+1. The van der Waals surface area contributed by atoms with Crippen LogP contribution in [-0.2, 0) is 65.6 Å². The van der Waals surface area contributed by atoms with Crippen LogP contribution in [-0.4, -0.2) is 138 Å². The van der Waals surface area contributed by atoms with Crippen molar-refractivity contribution in [1.82, 2.24) is 10.6 Å². The zero-order valence-electron chi connectivity index (χ0n) is 38.9. The van der Waals surface area contributed by atoms with Crippen LogP contribution >= 0.6 is 0 Å². The number of ether oxygens (including phenoxy) is 2. The van der Waals surface area contributed by atoms with Crippen molar-refractivity contribution in [2.75, 3.05) is 69.0 Å². The zero-order chi connectivity index (χ0) is 51.3. The third kappa shape index (κ3) is 16.8. The number of amides is 2. The van der Waals surface area contributed by atoms with Gasteiger partial charge in [0.15, 0.2) is 5.71 Å². The average Bonchev–Trinajstić information content (AvgIpc) is 3.60. The molecule has 4 rings (SSSR count). The Bertz CT molecular complexity index is 2760. The van der Waals surface area contributed by atoms with Gasteiger partial charge in [0.25, 0.3) is 40.5 Å². The topological polar surface area (TPSA) is 326 Å². The van der Waals surface area contributed by atoms with Gasteiger partial charge in [-0.3, -0.25) is 23.0 Å². The molecule has 2 aromatic rings. The molecule has 0 aromatic heterocycles. The first-order valence-electron chi connectivity index (χ1n) is 22.3. The van der Waals surface area contributed by atoms with E-state index in [1.54, 1.807) is 35.0 Å². The van der Waals surface area contributed by atoms with E-state index in [4.69, 9.17) is 15.2 Å². The fourth-order valence-corrected chi connectivity index (χ4v) is 10.4. The first-order chi connectivity index (χ1) is 32.2. The maximum absolute atomic E-state index is 12.6. The molecule has 0 aliphatic carbocycles. The third-order valence-corrected chi connectivity index (χ3v) is 15.0. The molecule has 21 nitrogen and oxygen atoms in total. The van der Waals surface area contributed by atoms with Gasteiger partial charge in [-0.1, -0.05) is 31.1 Å². The summed E-state index contributed by atoms with van der Waals surface area (Å²) in [6.45, 7) is 7.43. The molecule has 69 heavy (non-hydrogen) atoms. The molecule has 0 spiro atoms. The number of nitrogens with zero attached hydrogens (tertiary/aromatic N) is 2. The summed E-state index contributed by atoms with van der Waals surface area (Å²) in [7, 11) is -17.8. The lowest BCUT2D eigenvalue weighted by molar-refractivity contribution is -0.437. The number of hydrogen-bond donors (Lipinski definition) is 7. The first-order valence-corrected chi connectivity index (χ1v) is 28.4. The van der Waals surface area contributed by atoms with Gasteiger partial charge in [-0.2, -0.15) is 38.2 Å². The van der Waals surface area contributed by atoms with Crippen LogP contribution < -0.4 is 21.3 Å². The lowest BCUT2D eigenvalue weighted by Gasteiger charge is -2.30. The summed E-state index contributed by atoms with van der Waals surface area (Å²) in [5.41, 5.74) is 7.07. The minimum absolute atomic E-state index is 0.00362. The van der Waals surface area contributed by atoms with E-state index in [9.17, 15) is 61.5 Å². The molecule has 2 aliphatic rings. The molecule has 8 N–H and O–H groups in total. The molecular formula is C44H64N5O16S4+. The first kappa shape index (κ1) is 57.0. The van der Waals surface area contributed by atoms with Crippen LogP contribution in [0.5, 0.6) is 0 Å². The number of anilines is 1. The van der Waals surface area contributed by atoms with Crippen molar-refractivity contribution in [2.24, 2.45) is 5.73 Å². The van der Waals surface area contributed by atoms with Crippen LogP contribution in [0.4, 0.5) is 16.2 Å². The number of alkyl carbamates (subject to hydrolysis) is 1. The zero-order valence-corrected chi connectivity index (χ0v) is 42.1. The molecule has 25 heteroatoms. The van der Waals surface area contributed by atoms with Crippen molar-refractivity contribution in [2.45, 2.75) is 92.8 Å². The fraction of sp³-hybridized carbons (Fsp3) is 0.523. The highest BCUT2D eigenvalue weighted by atomic mass is 32.2. The molecule has 0 saturated carbocycles. The smallest absolute Gasteiger partial charge is 0.407 e. The molecule has 0 bridgehead atoms. The number of rotatable bonds is 28. The van der Waals surface area contributed by atoms with Gasteiger partial charge in [0.1, 0.15) is 13.2 Å². The van der Waals surface area contributed by atoms with E-state index in [0.29, 0.717) is 85.7 Å². The summed E-state index contributed by atoms with van der Waals surface area (Å²) >= 11 is 0. The minimum atomic E-state index is -4.64.